The number of hydrogen-bond acceptors (Lipinski definition) is 2. The number of hydrogen-bond donors (Lipinski definition) is 1. The lowest BCUT2D eigenvalue weighted by Gasteiger charge is -2.51. The first kappa shape index (κ1) is 13.5. The number of ether oxygens (including phenoxy) is 1. The summed E-state index contributed by atoms with van der Waals surface area (Å²) < 4.78 is 5.78. The summed E-state index contributed by atoms with van der Waals surface area (Å²) in [5.41, 5.74) is 2.41. The summed E-state index contributed by atoms with van der Waals surface area (Å²) in [7, 11) is 1.74. The lowest BCUT2D eigenvalue weighted by molar-refractivity contribution is 0.0675. The van der Waals surface area contributed by atoms with Crippen LogP contribution in [-0.2, 0) is 4.74 Å². The van der Waals surface area contributed by atoms with Crippen LogP contribution in [0.4, 0.5) is 0 Å². The van der Waals surface area contributed by atoms with Gasteiger partial charge >= 0.3 is 0 Å². The van der Waals surface area contributed by atoms with Gasteiger partial charge in [-0.3, -0.25) is 0 Å². The third-order valence-electron chi connectivity index (χ3n) is 5.63. The summed E-state index contributed by atoms with van der Waals surface area (Å²) in [6, 6.07) is 5.24. The van der Waals surface area contributed by atoms with Crippen molar-refractivity contribution in [3.8, 4) is 5.75 Å². The van der Waals surface area contributed by atoms with Crippen molar-refractivity contribution >= 4 is 17.4 Å². The molecular formula is C18H21ClO2. The van der Waals surface area contributed by atoms with E-state index in [1.807, 2.05) is 6.07 Å². The highest BCUT2D eigenvalue weighted by Crippen LogP contribution is 2.58. The highest BCUT2D eigenvalue weighted by molar-refractivity contribution is 6.30. The SMILES string of the molecule is COC(=C1C2CC3CC(C2)CC1C3)c1cc(O)cc(Cl)c1. The summed E-state index contributed by atoms with van der Waals surface area (Å²) in [5, 5.41) is 10.4. The van der Waals surface area contributed by atoms with E-state index in [2.05, 4.69) is 0 Å². The smallest absolute Gasteiger partial charge is 0.126 e. The largest absolute Gasteiger partial charge is 0.508 e. The topological polar surface area (TPSA) is 29.5 Å². The van der Waals surface area contributed by atoms with Gasteiger partial charge in [-0.05, 0) is 79.5 Å². The molecule has 0 heterocycles. The number of benzene rings is 1. The Bertz CT molecular complexity index is 555. The molecule has 5 rings (SSSR count). The van der Waals surface area contributed by atoms with Crippen LogP contribution < -0.4 is 0 Å². The van der Waals surface area contributed by atoms with Gasteiger partial charge in [-0.1, -0.05) is 11.6 Å². The van der Waals surface area contributed by atoms with E-state index in [0.717, 1.165) is 23.2 Å². The molecule has 4 aliphatic rings. The molecule has 4 saturated carbocycles. The zero-order valence-electron chi connectivity index (χ0n) is 12.3. The Labute approximate surface area is 130 Å². The van der Waals surface area contributed by atoms with Gasteiger partial charge in [-0.15, -0.1) is 0 Å². The van der Waals surface area contributed by atoms with E-state index in [1.54, 1.807) is 19.2 Å². The third kappa shape index (κ3) is 2.24. The van der Waals surface area contributed by atoms with Gasteiger partial charge in [0, 0.05) is 10.6 Å². The Morgan fingerprint density at radius 3 is 2.19 bits per heavy atom. The van der Waals surface area contributed by atoms with Crippen molar-refractivity contribution < 1.29 is 9.84 Å². The molecule has 112 valence electrons. The lowest BCUT2D eigenvalue weighted by Crippen LogP contribution is -2.40. The number of phenols is 1. The molecule has 0 unspecified atom stereocenters. The van der Waals surface area contributed by atoms with Gasteiger partial charge in [0.1, 0.15) is 11.5 Å². The van der Waals surface area contributed by atoms with Crippen LogP contribution in [0.2, 0.25) is 5.02 Å². The van der Waals surface area contributed by atoms with Crippen LogP contribution in [0, 0.1) is 23.7 Å². The highest BCUT2D eigenvalue weighted by Gasteiger charge is 2.46. The minimum Gasteiger partial charge on any atom is -0.508 e. The summed E-state index contributed by atoms with van der Waals surface area (Å²) in [6.45, 7) is 0. The molecule has 1 N–H and O–H groups in total. The van der Waals surface area contributed by atoms with Crippen molar-refractivity contribution in [1.82, 2.24) is 0 Å². The Balaban J connectivity index is 1.80. The van der Waals surface area contributed by atoms with Crippen molar-refractivity contribution in [3.05, 3.63) is 34.4 Å². The summed E-state index contributed by atoms with van der Waals surface area (Å²) in [6.07, 6.45) is 6.73. The molecule has 0 aromatic heterocycles. The average Bonchev–Trinajstić information content (AvgIpc) is 2.40. The molecule has 4 aliphatic carbocycles. The Kier molecular flexibility index (Phi) is 3.18. The zero-order valence-corrected chi connectivity index (χ0v) is 13.1. The van der Waals surface area contributed by atoms with Crippen LogP contribution in [0.1, 0.15) is 37.7 Å². The molecule has 1 aromatic rings. The van der Waals surface area contributed by atoms with Crippen LogP contribution in [0.15, 0.2) is 23.8 Å². The number of methoxy groups -OCH3 is 1. The van der Waals surface area contributed by atoms with Crippen molar-refractivity contribution in [2.45, 2.75) is 32.1 Å². The molecule has 3 heteroatoms. The normalized spacial score (nSPS) is 33.3. The first-order chi connectivity index (χ1) is 10.1. The molecule has 1 aromatic carbocycles. The Hall–Kier alpha value is -1.15. The van der Waals surface area contributed by atoms with Crippen LogP contribution in [0.3, 0.4) is 0 Å². The van der Waals surface area contributed by atoms with Crippen molar-refractivity contribution in [3.63, 3.8) is 0 Å². The first-order valence-electron chi connectivity index (χ1n) is 7.92. The second-order valence-electron chi connectivity index (χ2n) is 6.99. The van der Waals surface area contributed by atoms with Crippen LogP contribution in [0.5, 0.6) is 5.75 Å². The fourth-order valence-corrected chi connectivity index (χ4v) is 5.40. The van der Waals surface area contributed by atoms with Gasteiger partial charge in [0.25, 0.3) is 0 Å². The van der Waals surface area contributed by atoms with E-state index in [1.165, 1.54) is 37.7 Å². The van der Waals surface area contributed by atoms with E-state index in [-0.39, 0.29) is 5.75 Å². The van der Waals surface area contributed by atoms with E-state index >= 15 is 0 Å². The number of halogens is 1. The predicted molar refractivity (Wildman–Crippen MR) is 84.1 cm³/mol. The molecule has 2 nitrogen and oxygen atoms in total. The van der Waals surface area contributed by atoms with Crippen LogP contribution in [-0.4, -0.2) is 12.2 Å². The molecule has 0 saturated heterocycles. The molecule has 21 heavy (non-hydrogen) atoms. The van der Waals surface area contributed by atoms with E-state index in [4.69, 9.17) is 16.3 Å². The second kappa shape index (κ2) is 4.95. The molecule has 4 bridgehead atoms. The summed E-state index contributed by atoms with van der Waals surface area (Å²) in [4.78, 5) is 0. The monoisotopic (exact) mass is 304 g/mol. The van der Waals surface area contributed by atoms with Crippen LogP contribution in [0.25, 0.3) is 5.76 Å². The average molecular weight is 305 g/mol. The van der Waals surface area contributed by atoms with Gasteiger partial charge in [-0.25, -0.2) is 0 Å². The first-order valence-corrected chi connectivity index (χ1v) is 8.29. The summed E-state index contributed by atoms with van der Waals surface area (Å²) in [5.74, 6) is 4.39. The highest BCUT2D eigenvalue weighted by atomic mass is 35.5. The van der Waals surface area contributed by atoms with Crippen molar-refractivity contribution in [2.75, 3.05) is 7.11 Å². The number of aromatic hydroxyl groups is 1. The lowest BCUT2D eigenvalue weighted by atomic mass is 9.54. The molecule has 0 spiro atoms. The van der Waals surface area contributed by atoms with Crippen molar-refractivity contribution in [1.29, 1.82) is 0 Å². The van der Waals surface area contributed by atoms with Gasteiger partial charge in [-0.2, -0.15) is 0 Å². The predicted octanol–water partition coefficient (Wildman–Crippen LogP) is 4.86. The molecule has 0 amide bonds. The molecule has 0 atom stereocenters. The second-order valence-corrected chi connectivity index (χ2v) is 7.43. The van der Waals surface area contributed by atoms with Gasteiger partial charge in [0.05, 0.1) is 7.11 Å². The maximum atomic E-state index is 9.83. The maximum Gasteiger partial charge on any atom is 0.126 e. The Morgan fingerprint density at radius 1 is 1.05 bits per heavy atom. The summed E-state index contributed by atoms with van der Waals surface area (Å²) >= 11 is 6.10. The zero-order chi connectivity index (χ0) is 14.6. The Morgan fingerprint density at radius 2 is 1.67 bits per heavy atom. The van der Waals surface area contributed by atoms with Gasteiger partial charge in [0.2, 0.25) is 0 Å². The molecule has 0 aliphatic heterocycles. The van der Waals surface area contributed by atoms with E-state index in [9.17, 15) is 5.11 Å². The fourth-order valence-electron chi connectivity index (χ4n) is 5.17. The van der Waals surface area contributed by atoms with Crippen molar-refractivity contribution in [2.24, 2.45) is 23.7 Å². The van der Waals surface area contributed by atoms with E-state index < -0.39 is 0 Å². The minimum absolute atomic E-state index is 0.205. The number of phenolic OH excluding ortho intramolecular Hbond substituents is 1. The fraction of sp³-hybridized carbons (Fsp3) is 0.556. The molecule has 0 radical (unpaired) electrons. The van der Waals surface area contributed by atoms with Crippen LogP contribution >= 0.6 is 11.6 Å². The standard InChI is InChI=1S/C18H21ClO2/c1-21-18(14-7-15(19)9-16(20)8-14)17-12-3-10-2-11(5-12)6-13(17)4-10/h7-13,20H,2-6H2,1H3. The third-order valence-corrected chi connectivity index (χ3v) is 5.85. The number of allylic oxidation sites excluding steroid dienone is 1. The number of rotatable bonds is 2. The minimum atomic E-state index is 0.205. The molecular weight excluding hydrogens is 284 g/mol. The van der Waals surface area contributed by atoms with E-state index in [0.29, 0.717) is 16.9 Å². The quantitative estimate of drug-likeness (QED) is 0.791. The molecule has 4 fully saturated rings. The van der Waals surface area contributed by atoms with Gasteiger partial charge < -0.3 is 9.84 Å². The maximum absolute atomic E-state index is 9.83. The van der Waals surface area contributed by atoms with Gasteiger partial charge in [0.15, 0.2) is 0 Å².